The largest absolute Gasteiger partial charge is 0.426 e. The molecule has 6 rings (SSSR count). The molecule has 3 amide bonds. The lowest BCUT2D eigenvalue weighted by atomic mass is 9.85. The van der Waals surface area contributed by atoms with Crippen LogP contribution in [0.5, 0.6) is 5.75 Å². The summed E-state index contributed by atoms with van der Waals surface area (Å²) >= 11 is 0. The molecular formula is C27H24N2O5. The highest BCUT2D eigenvalue weighted by molar-refractivity contribution is 6.22. The van der Waals surface area contributed by atoms with E-state index in [1.807, 2.05) is 31.2 Å². The van der Waals surface area contributed by atoms with Gasteiger partial charge in [0.15, 0.2) is 0 Å². The maximum Gasteiger partial charge on any atom is 0.316 e. The zero-order valence-corrected chi connectivity index (χ0v) is 18.7. The summed E-state index contributed by atoms with van der Waals surface area (Å²) in [6.07, 6.45) is 5.07. The van der Waals surface area contributed by atoms with Crippen molar-refractivity contribution in [3.63, 3.8) is 0 Å². The summed E-state index contributed by atoms with van der Waals surface area (Å²) in [5.74, 6) is -1.62. The van der Waals surface area contributed by atoms with Gasteiger partial charge in [0.1, 0.15) is 5.75 Å². The van der Waals surface area contributed by atoms with Crippen LogP contribution in [0.15, 0.2) is 60.7 Å². The van der Waals surface area contributed by atoms with Crippen LogP contribution in [-0.4, -0.2) is 30.2 Å². The minimum absolute atomic E-state index is 0.0781. The summed E-state index contributed by atoms with van der Waals surface area (Å²) in [6, 6.07) is 14.1. The zero-order valence-electron chi connectivity index (χ0n) is 18.7. The quantitative estimate of drug-likeness (QED) is 0.305. The molecule has 2 saturated heterocycles. The molecule has 0 spiro atoms. The predicted octanol–water partition coefficient (Wildman–Crippen LogP) is 3.27. The van der Waals surface area contributed by atoms with Gasteiger partial charge < -0.3 is 9.64 Å². The van der Waals surface area contributed by atoms with Gasteiger partial charge in [0, 0.05) is 24.7 Å². The Morgan fingerprint density at radius 1 is 0.912 bits per heavy atom. The fourth-order valence-corrected chi connectivity index (χ4v) is 5.95. The van der Waals surface area contributed by atoms with Crippen molar-refractivity contribution in [3.05, 3.63) is 66.2 Å². The number of aryl methyl sites for hydroxylation is 1. The molecule has 2 aromatic carbocycles. The highest BCUT2D eigenvalue weighted by Gasteiger charge is 2.59. The number of anilines is 2. The second kappa shape index (κ2) is 7.65. The number of amides is 3. The van der Waals surface area contributed by atoms with Gasteiger partial charge in [-0.25, -0.2) is 4.90 Å². The Labute approximate surface area is 197 Å². The molecule has 7 nitrogen and oxygen atoms in total. The number of hydrogen-bond donors (Lipinski definition) is 0. The van der Waals surface area contributed by atoms with Gasteiger partial charge in [-0.2, -0.15) is 0 Å². The molecular weight excluding hydrogens is 432 g/mol. The SMILES string of the molecule is Cc1cccc(N2C[C@H](C(=O)Oc3cccc(N4C(=O)[C@H]5[C@H](C4=O)[C@H]4C=C[C@H]5C4)c3)CC2=O)c1. The number of rotatable bonds is 4. The van der Waals surface area contributed by atoms with Crippen molar-refractivity contribution in [2.24, 2.45) is 29.6 Å². The van der Waals surface area contributed by atoms with E-state index in [9.17, 15) is 19.2 Å². The van der Waals surface area contributed by atoms with Gasteiger partial charge in [-0.1, -0.05) is 30.4 Å². The van der Waals surface area contributed by atoms with Crippen LogP contribution in [0.25, 0.3) is 0 Å². The van der Waals surface area contributed by atoms with Crippen molar-refractivity contribution < 1.29 is 23.9 Å². The summed E-state index contributed by atoms with van der Waals surface area (Å²) in [6.45, 7) is 2.20. The van der Waals surface area contributed by atoms with E-state index in [2.05, 4.69) is 12.2 Å². The number of ether oxygens (including phenoxy) is 1. The molecule has 34 heavy (non-hydrogen) atoms. The minimum atomic E-state index is -0.590. The Balaban J connectivity index is 1.17. The molecule has 4 aliphatic rings. The van der Waals surface area contributed by atoms with E-state index in [0.717, 1.165) is 17.7 Å². The van der Waals surface area contributed by atoms with Crippen LogP contribution in [0, 0.1) is 36.5 Å². The number of carbonyl (C=O) groups is 4. The van der Waals surface area contributed by atoms with Gasteiger partial charge in [0.2, 0.25) is 17.7 Å². The van der Waals surface area contributed by atoms with Crippen LogP contribution in [0.1, 0.15) is 18.4 Å². The topological polar surface area (TPSA) is 84.0 Å². The van der Waals surface area contributed by atoms with E-state index >= 15 is 0 Å². The Morgan fingerprint density at radius 3 is 2.29 bits per heavy atom. The second-order valence-electron chi connectivity index (χ2n) is 9.67. The number of allylic oxidation sites excluding steroid dienone is 2. The highest BCUT2D eigenvalue weighted by atomic mass is 16.5. The molecule has 5 atom stereocenters. The van der Waals surface area contributed by atoms with Gasteiger partial charge in [0.05, 0.1) is 23.4 Å². The average molecular weight is 456 g/mol. The van der Waals surface area contributed by atoms with E-state index < -0.39 is 11.9 Å². The number of esters is 1. The van der Waals surface area contributed by atoms with E-state index in [-0.39, 0.29) is 60.1 Å². The standard InChI is InChI=1S/C27H24N2O5/c1-15-4-2-5-19(10-15)28-14-18(12-22(28)30)27(33)34-21-7-3-6-20(13-21)29-25(31)23-16-8-9-17(11-16)24(23)26(29)32/h2-10,13,16-18,23-24H,11-12,14H2,1H3/t16-,17-,18+,23+,24+/m0/s1. The fourth-order valence-electron chi connectivity index (χ4n) is 5.95. The van der Waals surface area contributed by atoms with E-state index in [1.54, 1.807) is 29.2 Å². The molecule has 0 radical (unpaired) electrons. The Hall–Kier alpha value is -3.74. The first-order valence-electron chi connectivity index (χ1n) is 11.7. The summed E-state index contributed by atoms with van der Waals surface area (Å²) in [4.78, 5) is 54.4. The van der Waals surface area contributed by atoms with Crippen molar-refractivity contribution >= 4 is 35.1 Å². The molecule has 7 heteroatoms. The normalized spacial score (nSPS) is 29.3. The summed E-state index contributed by atoms with van der Waals surface area (Å²) in [5.41, 5.74) is 2.22. The maximum absolute atomic E-state index is 13.1. The van der Waals surface area contributed by atoms with E-state index in [1.165, 1.54) is 4.90 Å². The molecule has 0 N–H and O–H groups in total. The number of carbonyl (C=O) groups excluding carboxylic acids is 4. The first kappa shape index (κ1) is 20.8. The summed E-state index contributed by atoms with van der Waals surface area (Å²) < 4.78 is 5.59. The van der Waals surface area contributed by atoms with E-state index in [0.29, 0.717) is 5.69 Å². The average Bonchev–Trinajstić information content (AvgIpc) is 3.57. The predicted molar refractivity (Wildman–Crippen MR) is 124 cm³/mol. The Bertz CT molecular complexity index is 1240. The third-order valence-electron chi connectivity index (χ3n) is 7.54. The van der Waals surface area contributed by atoms with Crippen LogP contribution < -0.4 is 14.5 Å². The third kappa shape index (κ3) is 3.18. The molecule has 2 aliphatic carbocycles. The lowest BCUT2D eigenvalue weighted by Gasteiger charge is -2.18. The van der Waals surface area contributed by atoms with Crippen LogP contribution >= 0.6 is 0 Å². The monoisotopic (exact) mass is 456 g/mol. The van der Waals surface area contributed by atoms with Crippen LogP contribution in [0.3, 0.4) is 0 Å². The molecule has 0 aromatic heterocycles. The van der Waals surface area contributed by atoms with Gasteiger partial charge in [-0.15, -0.1) is 0 Å². The first-order valence-corrected chi connectivity index (χ1v) is 11.7. The van der Waals surface area contributed by atoms with Crippen LogP contribution in [0.2, 0.25) is 0 Å². The Kier molecular flexibility index (Phi) is 4.69. The molecule has 172 valence electrons. The molecule has 2 aliphatic heterocycles. The van der Waals surface area contributed by atoms with Gasteiger partial charge in [-0.05, 0) is 55.0 Å². The highest BCUT2D eigenvalue weighted by Crippen LogP contribution is 2.53. The van der Waals surface area contributed by atoms with Crippen molar-refractivity contribution in [3.8, 4) is 5.75 Å². The van der Waals surface area contributed by atoms with Gasteiger partial charge in [-0.3, -0.25) is 19.2 Å². The molecule has 2 bridgehead atoms. The van der Waals surface area contributed by atoms with Crippen molar-refractivity contribution in [1.29, 1.82) is 0 Å². The molecule has 2 heterocycles. The van der Waals surface area contributed by atoms with Gasteiger partial charge in [0.25, 0.3) is 0 Å². The van der Waals surface area contributed by atoms with Crippen LogP contribution in [-0.2, 0) is 19.2 Å². The smallest absolute Gasteiger partial charge is 0.316 e. The number of nitrogens with zero attached hydrogens (tertiary/aromatic N) is 2. The molecule has 1 saturated carbocycles. The van der Waals surface area contributed by atoms with Crippen molar-refractivity contribution in [2.75, 3.05) is 16.3 Å². The maximum atomic E-state index is 13.1. The molecule has 0 unspecified atom stereocenters. The lowest BCUT2D eigenvalue weighted by molar-refractivity contribution is -0.139. The number of benzene rings is 2. The zero-order chi connectivity index (χ0) is 23.6. The second-order valence-corrected chi connectivity index (χ2v) is 9.67. The summed E-state index contributed by atoms with van der Waals surface area (Å²) in [7, 11) is 0. The van der Waals surface area contributed by atoms with Crippen molar-refractivity contribution in [1.82, 2.24) is 0 Å². The van der Waals surface area contributed by atoms with Crippen molar-refractivity contribution in [2.45, 2.75) is 19.8 Å². The number of fused-ring (bicyclic) bond motifs is 5. The van der Waals surface area contributed by atoms with E-state index in [4.69, 9.17) is 4.74 Å². The number of hydrogen-bond acceptors (Lipinski definition) is 5. The van der Waals surface area contributed by atoms with Gasteiger partial charge >= 0.3 is 5.97 Å². The summed E-state index contributed by atoms with van der Waals surface area (Å²) in [5, 5.41) is 0. The number of imide groups is 1. The lowest BCUT2D eigenvalue weighted by Crippen LogP contribution is -2.32. The molecule has 3 fully saturated rings. The van der Waals surface area contributed by atoms with Crippen LogP contribution in [0.4, 0.5) is 11.4 Å². The molecule has 2 aromatic rings. The third-order valence-corrected chi connectivity index (χ3v) is 7.54. The Morgan fingerprint density at radius 2 is 1.59 bits per heavy atom. The fraction of sp³-hybridized carbons (Fsp3) is 0.333. The first-order chi connectivity index (χ1) is 16.4. The minimum Gasteiger partial charge on any atom is -0.426 e.